The van der Waals surface area contributed by atoms with Crippen LogP contribution >= 0.6 is 34.2 Å². The Kier molecular flexibility index (Phi) is 8.42. The first-order valence-corrected chi connectivity index (χ1v) is 13.2. The van der Waals surface area contributed by atoms with Crippen LogP contribution in [0.3, 0.4) is 0 Å². The average molecular weight is 639 g/mol. The molecule has 9 nitrogen and oxygen atoms in total. The van der Waals surface area contributed by atoms with Gasteiger partial charge in [-0.05, 0) is 65.3 Å². The van der Waals surface area contributed by atoms with Crippen LogP contribution in [0.1, 0.15) is 43.0 Å². The highest BCUT2D eigenvalue weighted by molar-refractivity contribution is 14.1. The molecule has 0 radical (unpaired) electrons. The Morgan fingerprint density at radius 2 is 1.89 bits per heavy atom. The number of ether oxygens (including phenoxy) is 1. The molecule has 0 unspecified atom stereocenters. The van der Waals surface area contributed by atoms with Gasteiger partial charge in [0.1, 0.15) is 36.4 Å². The summed E-state index contributed by atoms with van der Waals surface area (Å²) < 4.78 is 6.43. The summed E-state index contributed by atoms with van der Waals surface area (Å²) in [5.74, 6) is 0.481. The number of rotatable bonds is 9. The number of nitrogens with one attached hydrogen (secondary N) is 2. The van der Waals surface area contributed by atoms with Gasteiger partial charge in [0.05, 0.1) is 17.3 Å². The maximum atomic E-state index is 13.5. The van der Waals surface area contributed by atoms with E-state index < -0.39 is 30.8 Å². The number of aliphatic hydroxyl groups excluding tert-OH is 2. The van der Waals surface area contributed by atoms with E-state index in [1.165, 1.54) is 4.90 Å². The molecular formula is C26H28ClIN4O5. The lowest BCUT2D eigenvalue weighted by atomic mass is 10.0. The van der Waals surface area contributed by atoms with Crippen molar-refractivity contribution in [2.45, 2.75) is 39.0 Å². The van der Waals surface area contributed by atoms with Gasteiger partial charge in [0.2, 0.25) is 0 Å². The van der Waals surface area contributed by atoms with Crippen LogP contribution in [0.15, 0.2) is 42.5 Å². The number of halogens is 2. The van der Waals surface area contributed by atoms with Crippen molar-refractivity contribution in [3.05, 3.63) is 68.1 Å². The third-order valence-corrected chi connectivity index (χ3v) is 7.10. The van der Waals surface area contributed by atoms with E-state index in [1.54, 1.807) is 24.3 Å². The van der Waals surface area contributed by atoms with Crippen LogP contribution in [0, 0.1) is 16.4 Å². The standard InChI is InChI=1S/C26H28ClIN4O5/c1-13(2)23(24-29-14(3)21(30-24)19-9-6-16(28)10-20(19)27)32-25(35)22(31-26(32)36)15-4-7-18(8-5-15)37-12-17(34)11-33/h4-10,13,17,22-23,33-34H,11-12H2,1-3H3,(H,29,30)(H,31,36)/t17-,22+,23-/m0/s1. The van der Waals surface area contributed by atoms with E-state index in [-0.39, 0.29) is 18.4 Å². The van der Waals surface area contributed by atoms with E-state index >= 15 is 0 Å². The Morgan fingerprint density at radius 3 is 2.51 bits per heavy atom. The number of imidazole rings is 1. The van der Waals surface area contributed by atoms with Gasteiger partial charge in [-0.25, -0.2) is 9.78 Å². The molecule has 1 saturated heterocycles. The summed E-state index contributed by atoms with van der Waals surface area (Å²) in [7, 11) is 0. The summed E-state index contributed by atoms with van der Waals surface area (Å²) in [5, 5.41) is 21.7. The van der Waals surface area contributed by atoms with Crippen molar-refractivity contribution in [3.63, 3.8) is 0 Å². The molecule has 37 heavy (non-hydrogen) atoms. The number of aromatic nitrogens is 2. The Labute approximate surface area is 233 Å². The summed E-state index contributed by atoms with van der Waals surface area (Å²) in [5.41, 5.74) is 2.83. The number of carbonyl (C=O) groups excluding carboxylic acids is 2. The highest BCUT2D eigenvalue weighted by Gasteiger charge is 2.45. The molecule has 1 aliphatic rings. The Balaban J connectivity index is 1.59. The second kappa shape index (κ2) is 11.4. The number of urea groups is 1. The zero-order chi connectivity index (χ0) is 26.9. The van der Waals surface area contributed by atoms with Gasteiger partial charge in [0, 0.05) is 14.8 Å². The molecule has 2 heterocycles. The minimum absolute atomic E-state index is 0.0588. The monoisotopic (exact) mass is 638 g/mol. The fourth-order valence-electron chi connectivity index (χ4n) is 4.29. The third kappa shape index (κ3) is 5.77. The van der Waals surface area contributed by atoms with Crippen molar-refractivity contribution in [2.24, 2.45) is 5.92 Å². The average Bonchev–Trinajstić information content (AvgIpc) is 3.37. The van der Waals surface area contributed by atoms with Crippen LogP contribution in [0.25, 0.3) is 11.3 Å². The number of H-pyrrole nitrogens is 1. The van der Waals surface area contributed by atoms with Gasteiger partial charge in [0.15, 0.2) is 0 Å². The fourth-order valence-corrected chi connectivity index (χ4v) is 5.23. The Bertz CT molecular complexity index is 1300. The van der Waals surface area contributed by atoms with E-state index in [1.807, 2.05) is 39.0 Å². The molecule has 1 aliphatic heterocycles. The molecule has 2 aromatic carbocycles. The molecule has 0 saturated carbocycles. The largest absolute Gasteiger partial charge is 0.491 e. The SMILES string of the molecule is Cc1[nH]c([C@H](C(C)C)N2C(=O)N[C@H](c3ccc(OC[C@@H](O)CO)cc3)C2=O)nc1-c1ccc(I)cc1Cl. The fraction of sp³-hybridized carbons (Fsp3) is 0.346. The zero-order valence-electron chi connectivity index (χ0n) is 20.5. The second-order valence-electron chi connectivity index (χ2n) is 9.22. The van der Waals surface area contributed by atoms with Crippen LogP contribution < -0.4 is 10.1 Å². The van der Waals surface area contributed by atoms with E-state index in [2.05, 4.69) is 32.9 Å². The van der Waals surface area contributed by atoms with Crippen molar-refractivity contribution in [1.82, 2.24) is 20.2 Å². The summed E-state index contributed by atoms with van der Waals surface area (Å²) >= 11 is 8.68. The summed E-state index contributed by atoms with van der Waals surface area (Å²) in [6, 6.07) is 10.4. The maximum absolute atomic E-state index is 13.5. The Hall–Kier alpha value is -2.67. The van der Waals surface area contributed by atoms with Crippen LogP contribution in [0.2, 0.25) is 5.02 Å². The number of carbonyl (C=O) groups is 2. The van der Waals surface area contributed by atoms with Crippen LogP contribution in [0.4, 0.5) is 4.79 Å². The van der Waals surface area contributed by atoms with Crippen molar-refractivity contribution >= 4 is 46.1 Å². The lowest BCUT2D eigenvalue weighted by Gasteiger charge is -2.27. The first kappa shape index (κ1) is 27.4. The van der Waals surface area contributed by atoms with Crippen molar-refractivity contribution < 1.29 is 24.5 Å². The van der Waals surface area contributed by atoms with E-state index in [0.29, 0.717) is 27.9 Å². The molecule has 3 aromatic rings. The summed E-state index contributed by atoms with van der Waals surface area (Å²) in [4.78, 5) is 35.9. The quantitative estimate of drug-likeness (QED) is 0.204. The van der Waals surface area contributed by atoms with E-state index in [4.69, 9.17) is 26.4 Å². The minimum atomic E-state index is -0.982. The predicted molar refractivity (Wildman–Crippen MR) is 147 cm³/mol. The molecule has 11 heteroatoms. The van der Waals surface area contributed by atoms with Crippen LogP contribution in [-0.4, -0.2) is 56.3 Å². The van der Waals surface area contributed by atoms with E-state index in [0.717, 1.165) is 14.8 Å². The number of aliphatic hydroxyl groups is 2. The number of aryl methyl sites for hydroxylation is 1. The third-order valence-electron chi connectivity index (χ3n) is 6.12. The number of imide groups is 1. The molecule has 0 bridgehead atoms. The van der Waals surface area contributed by atoms with Gasteiger partial charge in [0.25, 0.3) is 5.91 Å². The highest BCUT2D eigenvalue weighted by atomic mass is 127. The van der Waals surface area contributed by atoms with Crippen molar-refractivity contribution in [1.29, 1.82) is 0 Å². The molecule has 3 amide bonds. The molecule has 4 N–H and O–H groups in total. The van der Waals surface area contributed by atoms with Crippen molar-refractivity contribution in [3.8, 4) is 17.0 Å². The maximum Gasteiger partial charge on any atom is 0.325 e. The number of amides is 3. The number of hydrogen-bond acceptors (Lipinski definition) is 6. The predicted octanol–water partition coefficient (Wildman–Crippen LogP) is 4.37. The topological polar surface area (TPSA) is 128 Å². The van der Waals surface area contributed by atoms with E-state index in [9.17, 15) is 14.7 Å². The lowest BCUT2D eigenvalue weighted by Crippen LogP contribution is -2.38. The normalized spacial score (nSPS) is 17.3. The molecular weight excluding hydrogens is 611 g/mol. The molecule has 196 valence electrons. The van der Waals surface area contributed by atoms with Gasteiger partial charge < -0.3 is 25.3 Å². The summed E-state index contributed by atoms with van der Waals surface area (Å²) in [6.45, 7) is 5.29. The molecule has 0 spiro atoms. The van der Waals surface area contributed by atoms with Gasteiger partial charge in [-0.1, -0.05) is 43.6 Å². The molecule has 3 atom stereocenters. The highest BCUT2D eigenvalue weighted by Crippen LogP contribution is 2.37. The lowest BCUT2D eigenvalue weighted by molar-refractivity contribution is -0.130. The number of hydrogen-bond donors (Lipinski definition) is 4. The van der Waals surface area contributed by atoms with Gasteiger partial charge in [-0.2, -0.15) is 0 Å². The van der Waals surface area contributed by atoms with Crippen LogP contribution in [-0.2, 0) is 4.79 Å². The second-order valence-corrected chi connectivity index (χ2v) is 10.9. The number of benzene rings is 2. The molecule has 4 rings (SSSR count). The molecule has 0 aliphatic carbocycles. The first-order valence-electron chi connectivity index (χ1n) is 11.8. The number of nitrogens with zero attached hydrogens (tertiary/aromatic N) is 2. The molecule has 1 aromatic heterocycles. The Morgan fingerprint density at radius 1 is 1.19 bits per heavy atom. The minimum Gasteiger partial charge on any atom is -0.491 e. The summed E-state index contributed by atoms with van der Waals surface area (Å²) in [6.07, 6.45) is -0.982. The van der Waals surface area contributed by atoms with Gasteiger partial charge in [-0.15, -0.1) is 0 Å². The first-order chi connectivity index (χ1) is 17.6. The van der Waals surface area contributed by atoms with Gasteiger partial charge in [-0.3, -0.25) is 9.69 Å². The molecule has 1 fully saturated rings. The van der Waals surface area contributed by atoms with Crippen molar-refractivity contribution in [2.75, 3.05) is 13.2 Å². The van der Waals surface area contributed by atoms with Gasteiger partial charge >= 0.3 is 6.03 Å². The number of aromatic amines is 1. The smallest absolute Gasteiger partial charge is 0.325 e. The van der Waals surface area contributed by atoms with Crippen LogP contribution in [0.5, 0.6) is 5.75 Å². The zero-order valence-corrected chi connectivity index (χ0v) is 23.4.